The fourth-order valence-electron chi connectivity index (χ4n) is 7.00. The molecule has 7 aromatic carbocycles. The number of benzene rings is 7. The van der Waals surface area contributed by atoms with Gasteiger partial charge >= 0.3 is 0 Å². The van der Waals surface area contributed by atoms with E-state index in [4.69, 9.17) is 67.8 Å². The Kier molecular flexibility index (Phi) is 7.59. The first-order valence-electron chi connectivity index (χ1n) is 15.6. The van der Waals surface area contributed by atoms with Crippen LogP contribution in [0, 0.1) is 0 Å². The second kappa shape index (κ2) is 11.9. The van der Waals surface area contributed by atoms with Crippen molar-refractivity contribution in [3.8, 4) is 39.3 Å². The molecule has 0 atom stereocenters. The summed E-state index contributed by atoms with van der Waals surface area (Å²) >= 11 is 0. The van der Waals surface area contributed by atoms with E-state index in [2.05, 4.69) is 10.6 Å². The van der Waals surface area contributed by atoms with Gasteiger partial charge in [0.1, 0.15) is 68.6 Å². The average Bonchev–Trinajstić information content (AvgIpc) is 3.54. The smallest absolute Gasteiger partial charge is 0.145 e. The lowest BCUT2D eigenvalue weighted by molar-refractivity contribution is 1.10. The third-order valence-electron chi connectivity index (χ3n) is 9.37. The molecule has 10 heteroatoms. The molecule has 8 aromatic rings. The van der Waals surface area contributed by atoms with Gasteiger partial charge in [0, 0.05) is 11.3 Å². The van der Waals surface area contributed by atoms with Crippen LogP contribution in [0.5, 0.6) is 0 Å². The van der Waals surface area contributed by atoms with E-state index in [1.807, 2.05) is 103 Å². The Morgan fingerprint density at radius 3 is 1.35 bits per heavy atom. The third kappa shape index (κ3) is 4.71. The van der Waals surface area contributed by atoms with Crippen LogP contribution in [0.1, 0.15) is 0 Å². The van der Waals surface area contributed by atoms with Gasteiger partial charge < -0.3 is 0 Å². The van der Waals surface area contributed by atoms with Crippen molar-refractivity contribution in [1.29, 1.82) is 0 Å². The fourth-order valence-corrected chi connectivity index (χ4v) is 7.00. The van der Waals surface area contributed by atoms with Gasteiger partial charge in [-0.15, -0.1) is 21.9 Å². The minimum Gasteiger partial charge on any atom is -0.292 e. The SMILES string of the molecule is [B]c1c([B])c([B])c2c(-c3cccc(-n4c(-c5ccccc5)nc5ccccc54)c3)c3c([B])c([B])c([B])c([B])c3c(-c3ccccc3)c2c1[B]. The quantitative estimate of drug-likeness (QED) is 0.215. The first kappa shape index (κ1) is 31.3. The van der Waals surface area contributed by atoms with Crippen molar-refractivity contribution in [2.75, 3.05) is 0 Å². The maximum absolute atomic E-state index is 6.92. The molecule has 0 fully saturated rings. The fraction of sp³-hybridized carbons (Fsp3) is 0. The Morgan fingerprint density at radius 1 is 0.388 bits per heavy atom. The second-order valence-corrected chi connectivity index (χ2v) is 12.1. The molecule has 8 rings (SSSR count). The summed E-state index contributed by atoms with van der Waals surface area (Å²) in [6.07, 6.45) is 0. The standard InChI is InChI=1S/C39H18B8N2/c40-31-27-25(19-10-3-1-4-11-19)28-30(34(43)38(47)36(45)32(28)41)26(29(27)33(42)37(46)35(31)44)21-14-9-15-22(18-21)49-24-17-8-7-16-23(24)48-39(49)20-12-5-2-6-13-20/h1-18H. The minimum atomic E-state index is 0.169. The summed E-state index contributed by atoms with van der Waals surface area (Å²) < 4.78 is 2.13. The van der Waals surface area contributed by atoms with E-state index in [1.165, 1.54) is 0 Å². The summed E-state index contributed by atoms with van der Waals surface area (Å²) in [5.41, 5.74) is 8.22. The monoisotopic (exact) mass is 602 g/mol. The van der Waals surface area contributed by atoms with Gasteiger partial charge in [0.15, 0.2) is 0 Å². The number of hydrogen-bond donors (Lipinski definition) is 0. The number of rotatable bonds is 4. The molecule has 0 amide bonds. The van der Waals surface area contributed by atoms with Crippen molar-refractivity contribution in [1.82, 2.24) is 9.55 Å². The van der Waals surface area contributed by atoms with Crippen molar-refractivity contribution in [3.05, 3.63) is 109 Å². The van der Waals surface area contributed by atoms with E-state index >= 15 is 0 Å². The Labute approximate surface area is 296 Å². The van der Waals surface area contributed by atoms with E-state index in [-0.39, 0.29) is 43.7 Å². The van der Waals surface area contributed by atoms with Crippen LogP contribution in [-0.2, 0) is 0 Å². The lowest BCUT2D eigenvalue weighted by Crippen LogP contribution is -2.50. The van der Waals surface area contributed by atoms with Crippen LogP contribution in [0.15, 0.2) is 109 Å². The normalized spacial score (nSPS) is 11.5. The summed E-state index contributed by atoms with van der Waals surface area (Å²) in [5, 5.41) is 2.30. The zero-order chi connectivity index (χ0) is 34.1. The predicted molar refractivity (Wildman–Crippen MR) is 215 cm³/mol. The van der Waals surface area contributed by atoms with Crippen molar-refractivity contribution in [2.45, 2.75) is 0 Å². The third-order valence-corrected chi connectivity index (χ3v) is 9.37. The van der Waals surface area contributed by atoms with Crippen molar-refractivity contribution in [2.24, 2.45) is 0 Å². The zero-order valence-electron chi connectivity index (χ0n) is 26.4. The maximum atomic E-state index is 6.92. The second-order valence-electron chi connectivity index (χ2n) is 12.1. The molecule has 0 aliphatic carbocycles. The number of aromatic nitrogens is 2. The molecule has 1 heterocycles. The summed E-state index contributed by atoms with van der Waals surface area (Å²) in [6.45, 7) is 0. The first-order valence-corrected chi connectivity index (χ1v) is 15.6. The Bertz CT molecular complexity index is 2550. The van der Waals surface area contributed by atoms with Crippen LogP contribution in [-0.4, -0.2) is 72.3 Å². The van der Waals surface area contributed by atoms with E-state index in [0.29, 0.717) is 32.7 Å². The topological polar surface area (TPSA) is 17.8 Å². The highest BCUT2D eigenvalue weighted by atomic mass is 15.1. The molecule has 49 heavy (non-hydrogen) atoms. The lowest BCUT2D eigenvalue weighted by atomic mass is 9.59. The van der Waals surface area contributed by atoms with Gasteiger partial charge in [-0.05, 0) is 68.1 Å². The number of hydrogen-bond acceptors (Lipinski definition) is 1. The van der Waals surface area contributed by atoms with Crippen LogP contribution in [0.3, 0.4) is 0 Å². The van der Waals surface area contributed by atoms with Crippen LogP contribution >= 0.6 is 0 Å². The highest BCUT2D eigenvalue weighted by molar-refractivity contribution is 6.71. The van der Waals surface area contributed by atoms with Gasteiger partial charge in [-0.3, -0.25) is 4.57 Å². The Hall–Kier alpha value is -4.95. The Balaban J connectivity index is 1.57. The Morgan fingerprint density at radius 2 is 0.816 bits per heavy atom. The molecule has 0 N–H and O–H groups in total. The molecule has 0 aliphatic rings. The zero-order valence-corrected chi connectivity index (χ0v) is 26.4. The van der Waals surface area contributed by atoms with Crippen LogP contribution in [0.2, 0.25) is 0 Å². The van der Waals surface area contributed by atoms with E-state index in [1.54, 1.807) is 0 Å². The van der Waals surface area contributed by atoms with Crippen molar-refractivity contribution in [3.63, 3.8) is 0 Å². The predicted octanol–water partition coefficient (Wildman–Crippen LogP) is 0.683. The molecule has 0 spiro atoms. The number of para-hydroxylation sites is 2. The summed E-state index contributed by atoms with van der Waals surface area (Å²) in [4.78, 5) is 5.03. The molecule has 2 nitrogen and oxygen atoms in total. The largest absolute Gasteiger partial charge is 0.292 e. The van der Waals surface area contributed by atoms with E-state index in [9.17, 15) is 0 Å². The maximum Gasteiger partial charge on any atom is 0.145 e. The molecule has 16 radical (unpaired) electrons. The molecular weight excluding hydrogens is 583 g/mol. The van der Waals surface area contributed by atoms with E-state index in [0.717, 1.165) is 39.2 Å². The number of fused-ring (bicyclic) bond motifs is 3. The van der Waals surface area contributed by atoms with Gasteiger partial charge in [0.25, 0.3) is 0 Å². The number of nitrogens with zero attached hydrogens (tertiary/aromatic N) is 2. The molecule has 1 aromatic heterocycles. The van der Waals surface area contributed by atoms with Crippen LogP contribution in [0.4, 0.5) is 0 Å². The van der Waals surface area contributed by atoms with Gasteiger partial charge in [-0.25, -0.2) is 4.98 Å². The van der Waals surface area contributed by atoms with Crippen molar-refractivity contribution >= 4 is 139 Å². The van der Waals surface area contributed by atoms with Crippen LogP contribution in [0.25, 0.3) is 71.9 Å². The average molecular weight is 601 g/mol. The summed E-state index contributed by atoms with van der Waals surface area (Å²) in [7, 11) is 53.8. The van der Waals surface area contributed by atoms with Gasteiger partial charge in [-0.2, -0.15) is 0 Å². The molecular formula is C39H18B8N2. The van der Waals surface area contributed by atoms with Gasteiger partial charge in [0.2, 0.25) is 0 Å². The minimum absolute atomic E-state index is 0.169. The van der Waals surface area contributed by atoms with Gasteiger partial charge in [0.05, 0.1) is 11.0 Å². The lowest BCUT2D eigenvalue weighted by Gasteiger charge is -2.28. The van der Waals surface area contributed by atoms with E-state index < -0.39 is 0 Å². The summed E-state index contributed by atoms with van der Waals surface area (Å²) in [6, 6.07) is 35.8. The molecule has 0 saturated heterocycles. The highest BCUT2D eigenvalue weighted by Crippen LogP contribution is 2.41. The molecule has 0 aliphatic heterocycles. The van der Waals surface area contributed by atoms with Crippen molar-refractivity contribution < 1.29 is 0 Å². The molecule has 0 bridgehead atoms. The number of imidazole rings is 1. The van der Waals surface area contributed by atoms with Gasteiger partial charge in [-0.1, -0.05) is 107 Å². The molecule has 0 saturated carbocycles. The highest BCUT2D eigenvalue weighted by Gasteiger charge is 2.25. The first-order chi connectivity index (χ1) is 23.7. The molecule has 208 valence electrons. The van der Waals surface area contributed by atoms with Crippen LogP contribution < -0.4 is 43.7 Å². The molecule has 0 unspecified atom stereocenters. The summed E-state index contributed by atoms with van der Waals surface area (Å²) in [5.74, 6) is 0.787.